The number of nitrogens with zero attached hydrogens (tertiary/aromatic N) is 2. The summed E-state index contributed by atoms with van der Waals surface area (Å²) in [5.41, 5.74) is 0.449. The van der Waals surface area contributed by atoms with Crippen LogP contribution in [0.3, 0.4) is 0 Å². The summed E-state index contributed by atoms with van der Waals surface area (Å²) in [5.74, 6) is 0.644. The summed E-state index contributed by atoms with van der Waals surface area (Å²) in [6, 6.07) is 6.94. The van der Waals surface area contributed by atoms with E-state index in [1.807, 2.05) is 12.1 Å². The van der Waals surface area contributed by atoms with Crippen molar-refractivity contribution in [2.24, 2.45) is 0 Å². The zero-order chi connectivity index (χ0) is 13.8. The van der Waals surface area contributed by atoms with Gasteiger partial charge in [0.15, 0.2) is 0 Å². The van der Waals surface area contributed by atoms with Gasteiger partial charge in [-0.3, -0.25) is 10.1 Å². The monoisotopic (exact) mass is 297 g/mol. The van der Waals surface area contributed by atoms with Crippen molar-refractivity contribution in [1.29, 1.82) is 0 Å². The Morgan fingerprint density at radius 3 is 2.79 bits per heavy atom. The highest BCUT2D eigenvalue weighted by atomic mass is 35.5. The van der Waals surface area contributed by atoms with Gasteiger partial charge in [0.05, 0.1) is 9.26 Å². The molecule has 2 rings (SSSR count). The molecule has 0 fully saturated rings. The number of nitro groups is 1. The lowest BCUT2D eigenvalue weighted by Crippen LogP contribution is -2.06. The minimum absolute atomic E-state index is 0.0376. The van der Waals surface area contributed by atoms with Gasteiger partial charge in [-0.25, -0.2) is 4.98 Å². The first-order chi connectivity index (χ1) is 9.06. The minimum Gasteiger partial charge on any atom is -0.370 e. The average Bonchev–Trinajstić information content (AvgIpc) is 2.75. The fourth-order valence-electron chi connectivity index (χ4n) is 1.64. The van der Waals surface area contributed by atoms with Gasteiger partial charge in [0.1, 0.15) is 11.5 Å². The van der Waals surface area contributed by atoms with Crippen molar-refractivity contribution in [3.63, 3.8) is 0 Å². The number of anilines is 1. The van der Waals surface area contributed by atoms with Crippen LogP contribution in [0.5, 0.6) is 0 Å². The molecule has 0 unspecified atom stereocenters. The minimum atomic E-state index is -0.431. The van der Waals surface area contributed by atoms with E-state index in [-0.39, 0.29) is 5.69 Å². The van der Waals surface area contributed by atoms with Crippen molar-refractivity contribution < 1.29 is 4.92 Å². The predicted molar refractivity (Wildman–Crippen MR) is 77.2 cm³/mol. The van der Waals surface area contributed by atoms with Gasteiger partial charge >= 0.3 is 0 Å². The molecule has 2 heterocycles. The molecule has 0 saturated carbocycles. The number of halogens is 1. The number of thiophene rings is 1. The molecule has 1 N–H and O–H groups in total. The SMILES string of the molecule is Cc1nc(NCCc2ccc(Cl)s2)ccc1[N+](=O)[O-]. The molecule has 5 nitrogen and oxygen atoms in total. The Bertz CT molecular complexity index is 600. The highest BCUT2D eigenvalue weighted by Crippen LogP contribution is 2.22. The molecule has 0 atom stereocenters. The molecular weight excluding hydrogens is 286 g/mol. The highest BCUT2D eigenvalue weighted by molar-refractivity contribution is 7.16. The van der Waals surface area contributed by atoms with Gasteiger partial charge in [0.25, 0.3) is 5.69 Å². The van der Waals surface area contributed by atoms with Crippen LogP contribution >= 0.6 is 22.9 Å². The van der Waals surface area contributed by atoms with Crippen molar-refractivity contribution in [1.82, 2.24) is 4.98 Å². The molecule has 0 aliphatic carbocycles. The summed E-state index contributed by atoms with van der Waals surface area (Å²) in [6.07, 6.45) is 0.842. The summed E-state index contributed by atoms with van der Waals surface area (Å²) < 4.78 is 0.777. The van der Waals surface area contributed by atoms with E-state index in [2.05, 4.69) is 10.3 Å². The Morgan fingerprint density at radius 1 is 1.42 bits per heavy atom. The van der Waals surface area contributed by atoms with Crippen LogP contribution in [0.25, 0.3) is 0 Å². The molecule has 19 heavy (non-hydrogen) atoms. The van der Waals surface area contributed by atoms with Gasteiger partial charge in [-0.1, -0.05) is 11.6 Å². The average molecular weight is 298 g/mol. The Morgan fingerprint density at radius 2 is 2.21 bits per heavy atom. The van der Waals surface area contributed by atoms with Crippen LogP contribution in [-0.2, 0) is 6.42 Å². The second kappa shape index (κ2) is 5.99. The molecule has 0 aromatic carbocycles. The first kappa shape index (κ1) is 13.8. The lowest BCUT2D eigenvalue weighted by molar-refractivity contribution is -0.385. The number of nitrogens with one attached hydrogen (secondary N) is 1. The quantitative estimate of drug-likeness (QED) is 0.675. The van der Waals surface area contributed by atoms with Crippen LogP contribution in [0.15, 0.2) is 24.3 Å². The van der Waals surface area contributed by atoms with E-state index in [1.165, 1.54) is 10.9 Å². The van der Waals surface area contributed by atoms with Crippen molar-refractivity contribution >= 4 is 34.4 Å². The maximum atomic E-state index is 10.7. The van der Waals surface area contributed by atoms with Crippen molar-refractivity contribution in [2.75, 3.05) is 11.9 Å². The standard InChI is InChI=1S/C12H12ClN3O2S/c1-8-10(16(17)18)3-5-12(15-8)14-7-6-9-2-4-11(13)19-9/h2-5H,6-7H2,1H3,(H,14,15). The largest absolute Gasteiger partial charge is 0.370 e. The van der Waals surface area contributed by atoms with Crippen molar-refractivity contribution in [3.05, 3.63) is 49.3 Å². The molecule has 0 radical (unpaired) electrons. The summed E-state index contributed by atoms with van der Waals surface area (Å²) in [6.45, 7) is 2.34. The molecule has 0 spiro atoms. The van der Waals surface area contributed by atoms with Crippen LogP contribution < -0.4 is 5.32 Å². The molecule has 0 bridgehead atoms. The lowest BCUT2D eigenvalue weighted by Gasteiger charge is -2.05. The molecule has 2 aromatic heterocycles. The Balaban J connectivity index is 1.93. The fraction of sp³-hybridized carbons (Fsp3) is 0.250. The first-order valence-corrected chi connectivity index (χ1v) is 6.86. The van der Waals surface area contributed by atoms with E-state index >= 15 is 0 Å². The number of aromatic nitrogens is 1. The van der Waals surface area contributed by atoms with Gasteiger partial charge in [-0.15, -0.1) is 11.3 Å². The first-order valence-electron chi connectivity index (χ1n) is 5.66. The Hall–Kier alpha value is -1.66. The molecule has 7 heteroatoms. The third-order valence-corrected chi connectivity index (χ3v) is 3.85. The Kier molecular flexibility index (Phi) is 4.34. The highest BCUT2D eigenvalue weighted by Gasteiger charge is 2.11. The molecule has 0 aliphatic heterocycles. The predicted octanol–water partition coefficient (Wildman–Crippen LogP) is 3.67. The smallest absolute Gasteiger partial charge is 0.290 e. The van der Waals surface area contributed by atoms with Gasteiger partial charge in [-0.05, 0) is 31.5 Å². The summed E-state index contributed by atoms with van der Waals surface area (Å²) in [5, 5.41) is 13.8. The van der Waals surface area contributed by atoms with Gasteiger partial charge in [0, 0.05) is 17.5 Å². The van der Waals surface area contributed by atoms with E-state index in [0.29, 0.717) is 18.1 Å². The second-order valence-electron chi connectivity index (χ2n) is 3.94. The van der Waals surface area contributed by atoms with Crippen molar-refractivity contribution in [3.8, 4) is 0 Å². The number of hydrogen-bond donors (Lipinski definition) is 1. The maximum Gasteiger partial charge on any atom is 0.290 e. The van der Waals surface area contributed by atoms with Gasteiger partial charge in [0.2, 0.25) is 0 Å². The second-order valence-corrected chi connectivity index (χ2v) is 5.74. The normalized spacial score (nSPS) is 10.4. The van der Waals surface area contributed by atoms with E-state index in [1.54, 1.807) is 24.3 Å². The molecule has 0 amide bonds. The number of rotatable bonds is 5. The summed E-state index contributed by atoms with van der Waals surface area (Å²) >= 11 is 7.39. The lowest BCUT2D eigenvalue weighted by atomic mass is 10.3. The maximum absolute atomic E-state index is 10.7. The third-order valence-electron chi connectivity index (χ3n) is 2.56. The number of pyridine rings is 1. The Labute approximate surface area is 119 Å². The molecule has 2 aromatic rings. The van der Waals surface area contributed by atoms with E-state index in [4.69, 9.17) is 11.6 Å². The fourth-order valence-corrected chi connectivity index (χ4v) is 2.73. The van der Waals surface area contributed by atoms with Crippen LogP contribution in [0.4, 0.5) is 11.5 Å². The third kappa shape index (κ3) is 3.65. The van der Waals surface area contributed by atoms with Gasteiger partial charge in [-0.2, -0.15) is 0 Å². The zero-order valence-corrected chi connectivity index (χ0v) is 11.8. The molecular formula is C12H12ClN3O2S. The number of aryl methyl sites for hydroxylation is 1. The zero-order valence-electron chi connectivity index (χ0n) is 10.2. The summed E-state index contributed by atoms with van der Waals surface area (Å²) in [4.78, 5) is 15.6. The van der Waals surface area contributed by atoms with Crippen LogP contribution in [0.1, 0.15) is 10.6 Å². The number of hydrogen-bond acceptors (Lipinski definition) is 5. The van der Waals surface area contributed by atoms with Crippen molar-refractivity contribution in [2.45, 2.75) is 13.3 Å². The molecule has 0 saturated heterocycles. The summed E-state index contributed by atoms with van der Waals surface area (Å²) in [7, 11) is 0. The van der Waals surface area contributed by atoms with E-state index in [0.717, 1.165) is 10.8 Å². The molecule has 100 valence electrons. The van der Waals surface area contributed by atoms with E-state index in [9.17, 15) is 10.1 Å². The van der Waals surface area contributed by atoms with Gasteiger partial charge < -0.3 is 5.32 Å². The van der Waals surface area contributed by atoms with Crippen LogP contribution in [0.2, 0.25) is 4.34 Å². The topological polar surface area (TPSA) is 68.1 Å². The van der Waals surface area contributed by atoms with Crippen LogP contribution in [0, 0.1) is 17.0 Å². The van der Waals surface area contributed by atoms with Crippen LogP contribution in [-0.4, -0.2) is 16.5 Å². The molecule has 0 aliphatic rings. The van der Waals surface area contributed by atoms with E-state index < -0.39 is 4.92 Å².